The van der Waals surface area contributed by atoms with Gasteiger partial charge in [-0.2, -0.15) is 0 Å². The highest BCUT2D eigenvalue weighted by Crippen LogP contribution is 2.52. The van der Waals surface area contributed by atoms with Crippen LogP contribution >= 0.6 is 0 Å². The SMILES string of the molecule is CC1(C)c2ccccc2-c2ccc(N(c3cccc(-c4ccccc4)c3)c3cc(-c4ccccc4)ccc3-c3cc4ccccc4c4ccccc34)cc21. The number of fused-ring (bicyclic) bond motifs is 6. The zero-order chi connectivity index (χ0) is 36.2. The molecule has 0 amide bonds. The number of nitrogens with zero attached hydrogens (tertiary/aromatic N) is 1. The summed E-state index contributed by atoms with van der Waals surface area (Å²) >= 11 is 0. The van der Waals surface area contributed by atoms with E-state index >= 15 is 0 Å². The van der Waals surface area contributed by atoms with Crippen LogP contribution in [0.2, 0.25) is 0 Å². The Morgan fingerprint density at radius 3 is 1.69 bits per heavy atom. The molecule has 1 aliphatic rings. The standard InChI is InChI=1S/C53H39N/c1-53(2)50-27-14-13-26-46(50)47-31-29-42(35-51(47)53)54(41-22-15-21-38(32-41)36-16-5-3-6-17-36)52-34-39(37-18-7-4-8-19-37)28-30-48(52)49-33-40-20-9-10-23-43(40)44-24-11-12-25-45(44)49/h3-35H,1-2H3. The van der Waals surface area contributed by atoms with Crippen LogP contribution in [-0.4, -0.2) is 0 Å². The predicted octanol–water partition coefficient (Wildman–Crippen LogP) is 14.8. The van der Waals surface area contributed by atoms with E-state index in [1.807, 2.05) is 0 Å². The highest BCUT2D eigenvalue weighted by atomic mass is 15.1. The van der Waals surface area contributed by atoms with Gasteiger partial charge in [-0.1, -0.05) is 178 Å². The van der Waals surface area contributed by atoms with Gasteiger partial charge in [0.25, 0.3) is 0 Å². The number of rotatable bonds is 6. The first-order valence-corrected chi connectivity index (χ1v) is 18.8. The summed E-state index contributed by atoms with van der Waals surface area (Å²) in [6.07, 6.45) is 0. The third-order valence-corrected chi connectivity index (χ3v) is 11.4. The molecule has 0 heterocycles. The Hall–Kier alpha value is -6.70. The van der Waals surface area contributed by atoms with E-state index in [2.05, 4.69) is 219 Å². The Labute approximate surface area is 317 Å². The van der Waals surface area contributed by atoms with Gasteiger partial charge in [0.2, 0.25) is 0 Å². The first-order valence-electron chi connectivity index (χ1n) is 18.8. The molecule has 0 atom stereocenters. The van der Waals surface area contributed by atoms with Crippen molar-refractivity contribution in [3.63, 3.8) is 0 Å². The van der Waals surface area contributed by atoms with Crippen molar-refractivity contribution in [3.05, 3.63) is 211 Å². The van der Waals surface area contributed by atoms with E-state index in [1.54, 1.807) is 0 Å². The van der Waals surface area contributed by atoms with Crippen LogP contribution in [0.5, 0.6) is 0 Å². The number of benzene rings is 9. The molecule has 0 aliphatic heterocycles. The zero-order valence-electron chi connectivity index (χ0n) is 30.5. The normalized spacial score (nSPS) is 12.8. The van der Waals surface area contributed by atoms with Crippen molar-refractivity contribution < 1.29 is 0 Å². The lowest BCUT2D eigenvalue weighted by atomic mass is 9.82. The van der Waals surface area contributed by atoms with Crippen LogP contribution in [0.1, 0.15) is 25.0 Å². The van der Waals surface area contributed by atoms with Crippen molar-refractivity contribution in [1.29, 1.82) is 0 Å². The Kier molecular flexibility index (Phi) is 7.56. The maximum atomic E-state index is 2.50. The summed E-state index contributed by atoms with van der Waals surface area (Å²) in [7, 11) is 0. The lowest BCUT2D eigenvalue weighted by Crippen LogP contribution is -2.17. The quantitative estimate of drug-likeness (QED) is 0.157. The molecule has 0 unspecified atom stereocenters. The van der Waals surface area contributed by atoms with E-state index in [4.69, 9.17) is 0 Å². The molecule has 9 aromatic rings. The van der Waals surface area contributed by atoms with Gasteiger partial charge in [0.15, 0.2) is 0 Å². The van der Waals surface area contributed by atoms with Gasteiger partial charge in [-0.05, 0) is 108 Å². The fraction of sp³-hybridized carbons (Fsp3) is 0.0566. The van der Waals surface area contributed by atoms with Crippen LogP contribution in [-0.2, 0) is 5.41 Å². The topological polar surface area (TPSA) is 3.24 Å². The third-order valence-electron chi connectivity index (χ3n) is 11.4. The van der Waals surface area contributed by atoms with E-state index < -0.39 is 0 Å². The molecule has 9 aromatic carbocycles. The summed E-state index contributed by atoms with van der Waals surface area (Å²) < 4.78 is 0. The fourth-order valence-corrected chi connectivity index (χ4v) is 8.75. The molecular formula is C53H39N. The molecule has 0 radical (unpaired) electrons. The van der Waals surface area contributed by atoms with Gasteiger partial charge in [0, 0.05) is 22.4 Å². The maximum Gasteiger partial charge on any atom is 0.0546 e. The average molecular weight is 690 g/mol. The minimum Gasteiger partial charge on any atom is -0.310 e. The van der Waals surface area contributed by atoms with Crippen molar-refractivity contribution >= 4 is 38.6 Å². The summed E-state index contributed by atoms with van der Waals surface area (Å²) in [5, 5.41) is 5.01. The van der Waals surface area contributed by atoms with Gasteiger partial charge >= 0.3 is 0 Å². The Bertz CT molecular complexity index is 2850. The average Bonchev–Trinajstić information content (AvgIpc) is 3.47. The molecule has 0 bridgehead atoms. The van der Waals surface area contributed by atoms with Gasteiger partial charge < -0.3 is 4.90 Å². The smallest absolute Gasteiger partial charge is 0.0546 e. The Morgan fingerprint density at radius 1 is 0.333 bits per heavy atom. The van der Waals surface area contributed by atoms with E-state index in [0.29, 0.717) is 0 Å². The number of anilines is 3. The van der Waals surface area contributed by atoms with Gasteiger partial charge in [-0.3, -0.25) is 0 Å². The molecule has 0 saturated heterocycles. The van der Waals surface area contributed by atoms with Gasteiger partial charge in [-0.25, -0.2) is 0 Å². The molecule has 1 aliphatic carbocycles. The Balaban J connectivity index is 1.28. The van der Waals surface area contributed by atoms with E-state index in [9.17, 15) is 0 Å². The molecule has 256 valence electrons. The monoisotopic (exact) mass is 689 g/mol. The van der Waals surface area contributed by atoms with E-state index in [1.165, 1.54) is 77.2 Å². The lowest BCUT2D eigenvalue weighted by molar-refractivity contribution is 0.660. The van der Waals surface area contributed by atoms with Crippen LogP contribution < -0.4 is 4.90 Å². The van der Waals surface area contributed by atoms with E-state index in [-0.39, 0.29) is 5.41 Å². The van der Waals surface area contributed by atoms with Crippen molar-refractivity contribution in [1.82, 2.24) is 0 Å². The second-order valence-electron chi connectivity index (χ2n) is 14.9. The van der Waals surface area contributed by atoms with Gasteiger partial charge in [0.1, 0.15) is 0 Å². The molecule has 1 nitrogen and oxygen atoms in total. The molecular weight excluding hydrogens is 651 g/mol. The van der Waals surface area contributed by atoms with Crippen molar-refractivity contribution in [3.8, 4) is 44.5 Å². The third kappa shape index (κ3) is 5.24. The number of hydrogen-bond donors (Lipinski definition) is 0. The van der Waals surface area contributed by atoms with Crippen LogP contribution in [0.25, 0.3) is 66.1 Å². The van der Waals surface area contributed by atoms with Crippen LogP contribution in [0.3, 0.4) is 0 Å². The number of hydrogen-bond acceptors (Lipinski definition) is 1. The summed E-state index contributed by atoms with van der Waals surface area (Å²) in [5.41, 5.74) is 15.8. The fourth-order valence-electron chi connectivity index (χ4n) is 8.75. The second kappa shape index (κ2) is 12.8. The van der Waals surface area contributed by atoms with Crippen LogP contribution in [0.4, 0.5) is 17.1 Å². The summed E-state index contributed by atoms with van der Waals surface area (Å²) in [6.45, 7) is 4.73. The molecule has 0 fully saturated rings. The zero-order valence-corrected chi connectivity index (χ0v) is 30.5. The van der Waals surface area contributed by atoms with Gasteiger partial charge in [-0.15, -0.1) is 0 Å². The van der Waals surface area contributed by atoms with Crippen molar-refractivity contribution in [2.24, 2.45) is 0 Å². The first-order chi connectivity index (χ1) is 26.5. The lowest BCUT2D eigenvalue weighted by Gasteiger charge is -2.31. The predicted molar refractivity (Wildman–Crippen MR) is 230 cm³/mol. The van der Waals surface area contributed by atoms with Gasteiger partial charge in [0.05, 0.1) is 5.69 Å². The second-order valence-corrected chi connectivity index (χ2v) is 14.9. The highest BCUT2D eigenvalue weighted by molar-refractivity contribution is 6.15. The first kappa shape index (κ1) is 32.0. The Morgan fingerprint density at radius 2 is 0.907 bits per heavy atom. The molecule has 10 rings (SSSR count). The minimum atomic E-state index is -0.136. The van der Waals surface area contributed by atoms with Crippen molar-refractivity contribution in [2.75, 3.05) is 4.90 Å². The van der Waals surface area contributed by atoms with Crippen LogP contribution in [0.15, 0.2) is 200 Å². The van der Waals surface area contributed by atoms with Crippen molar-refractivity contribution in [2.45, 2.75) is 19.3 Å². The largest absolute Gasteiger partial charge is 0.310 e. The summed E-state index contributed by atoms with van der Waals surface area (Å²) in [4.78, 5) is 2.50. The molecule has 0 saturated carbocycles. The summed E-state index contributed by atoms with van der Waals surface area (Å²) in [5.74, 6) is 0. The molecule has 0 aromatic heterocycles. The molecule has 54 heavy (non-hydrogen) atoms. The molecule has 0 spiro atoms. The molecule has 1 heteroatoms. The van der Waals surface area contributed by atoms with Crippen LogP contribution in [0, 0.1) is 0 Å². The molecule has 0 N–H and O–H groups in total. The minimum absolute atomic E-state index is 0.136. The summed E-state index contributed by atoms with van der Waals surface area (Å²) in [6, 6.07) is 73.6. The maximum absolute atomic E-state index is 2.50. The highest BCUT2D eigenvalue weighted by Gasteiger charge is 2.36. The van der Waals surface area contributed by atoms with E-state index in [0.717, 1.165) is 17.1 Å².